The Hall–Kier alpha value is -1.51. The summed E-state index contributed by atoms with van der Waals surface area (Å²) in [6.07, 6.45) is 11.1. The van der Waals surface area contributed by atoms with Crippen LogP contribution in [0.2, 0.25) is 0 Å². The molecule has 3 heteroatoms. The molecule has 2 N–H and O–H groups in total. The van der Waals surface area contributed by atoms with E-state index in [1.807, 2.05) is 6.07 Å². The van der Waals surface area contributed by atoms with E-state index in [2.05, 4.69) is 47.6 Å². The van der Waals surface area contributed by atoms with Crippen LogP contribution in [0.5, 0.6) is 5.75 Å². The lowest BCUT2D eigenvalue weighted by Crippen LogP contribution is -2.15. The first kappa shape index (κ1) is 25.5. The van der Waals surface area contributed by atoms with Gasteiger partial charge in [0.1, 0.15) is 5.75 Å². The molecule has 29 heavy (non-hydrogen) atoms. The molecule has 1 rings (SSSR count). The van der Waals surface area contributed by atoms with Crippen LogP contribution in [-0.4, -0.2) is 16.2 Å². The predicted molar refractivity (Wildman–Crippen MR) is 123 cm³/mol. The van der Waals surface area contributed by atoms with Crippen molar-refractivity contribution < 1.29 is 15.0 Å². The second-order valence-corrected chi connectivity index (χ2v) is 9.97. The molecule has 0 aromatic heterocycles. The van der Waals surface area contributed by atoms with Crippen molar-refractivity contribution in [2.24, 2.45) is 0 Å². The van der Waals surface area contributed by atoms with Crippen LogP contribution in [0.1, 0.15) is 134 Å². The number of carboxylic acids is 1. The molecule has 0 spiro atoms. The average Bonchev–Trinajstić information content (AvgIpc) is 2.61. The monoisotopic (exact) mass is 404 g/mol. The van der Waals surface area contributed by atoms with Crippen molar-refractivity contribution in [2.75, 3.05) is 0 Å². The molecule has 0 saturated carbocycles. The Morgan fingerprint density at radius 1 is 0.966 bits per heavy atom. The van der Waals surface area contributed by atoms with Crippen molar-refractivity contribution >= 4 is 5.97 Å². The van der Waals surface area contributed by atoms with Crippen molar-refractivity contribution in [3.63, 3.8) is 0 Å². The van der Waals surface area contributed by atoms with Gasteiger partial charge in [0.25, 0.3) is 0 Å². The van der Waals surface area contributed by atoms with Gasteiger partial charge < -0.3 is 10.2 Å². The lowest BCUT2D eigenvalue weighted by Gasteiger charge is -2.26. The zero-order chi connectivity index (χ0) is 22.0. The molecule has 1 unspecified atom stereocenters. The number of aliphatic carboxylic acids is 1. The van der Waals surface area contributed by atoms with Gasteiger partial charge in [-0.1, -0.05) is 105 Å². The lowest BCUT2D eigenvalue weighted by molar-refractivity contribution is -0.137. The molecule has 1 aromatic carbocycles. The lowest BCUT2D eigenvalue weighted by atomic mass is 9.79. The number of phenols is 1. The zero-order valence-electron chi connectivity index (χ0n) is 19.7. The van der Waals surface area contributed by atoms with Crippen molar-refractivity contribution in [3.8, 4) is 5.75 Å². The minimum Gasteiger partial charge on any atom is -0.507 e. The van der Waals surface area contributed by atoms with E-state index in [1.54, 1.807) is 0 Å². The van der Waals surface area contributed by atoms with E-state index >= 15 is 0 Å². The van der Waals surface area contributed by atoms with E-state index in [-0.39, 0.29) is 23.7 Å². The van der Waals surface area contributed by atoms with Gasteiger partial charge in [-0.3, -0.25) is 4.79 Å². The van der Waals surface area contributed by atoms with Gasteiger partial charge in [0, 0.05) is 0 Å². The summed E-state index contributed by atoms with van der Waals surface area (Å²) >= 11 is 0. The molecule has 166 valence electrons. The number of phenolic OH excluding ortho intramolecular Hbond substituents is 1. The average molecular weight is 405 g/mol. The second kappa shape index (κ2) is 12.2. The van der Waals surface area contributed by atoms with Crippen molar-refractivity contribution in [1.82, 2.24) is 0 Å². The van der Waals surface area contributed by atoms with Gasteiger partial charge in [0.05, 0.1) is 6.42 Å². The molecule has 0 saturated heterocycles. The fourth-order valence-corrected chi connectivity index (χ4v) is 4.05. The Labute approximate surface area is 178 Å². The summed E-state index contributed by atoms with van der Waals surface area (Å²) in [4.78, 5) is 11.5. The number of rotatable bonds is 13. The maximum Gasteiger partial charge on any atom is 0.303 e. The van der Waals surface area contributed by atoms with E-state index in [9.17, 15) is 15.0 Å². The number of hydrogen-bond acceptors (Lipinski definition) is 2. The minimum absolute atomic E-state index is 0.00629. The second-order valence-electron chi connectivity index (χ2n) is 9.97. The van der Waals surface area contributed by atoms with E-state index in [0.717, 1.165) is 29.5 Å². The molecule has 0 radical (unpaired) electrons. The molecule has 1 atom stereocenters. The first-order valence-corrected chi connectivity index (χ1v) is 11.7. The largest absolute Gasteiger partial charge is 0.507 e. The van der Waals surface area contributed by atoms with Gasteiger partial charge in [-0.05, 0) is 40.4 Å². The first-order valence-electron chi connectivity index (χ1n) is 11.7. The summed E-state index contributed by atoms with van der Waals surface area (Å²) in [6, 6.07) is 4.10. The van der Waals surface area contributed by atoms with E-state index in [1.165, 1.54) is 44.9 Å². The number of benzene rings is 1. The van der Waals surface area contributed by atoms with Crippen LogP contribution in [0.4, 0.5) is 0 Å². The smallest absolute Gasteiger partial charge is 0.303 e. The third kappa shape index (κ3) is 8.80. The molecular weight excluding hydrogens is 360 g/mol. The molecule has 0 fully saturated rings. The number of carbonyl (C=O) groups is 1. The SMILES string of the molecule is CCCCCCCCCCC(CC(=O)O)c1cc(C(C)C)c(O)c(C(C)(C)C)c1. The van der Waals surface area contributed by atoms with Crippen LogP contribution in [0, 0.1) is 0 Å². The quantitative estimate of drug-likeness (QED) is 0.328. The van der Waals surface area contributed by atoms with Crippen molar-refractivity contribution in [3.05, 3.63) is 28.8 Å². The Morgan fingerprint density at radius 2 is 1.52 bits per heavy atom. The molecule has 0 bridgehead atoms. The van der Waals surface area contributed by atoms with E-state index < -0.39 is 5.97 Å². The molecule has 0 aliphatic rings. The highest BCUT2D eigenvalue weighted by Gasteiger charge is 2.25. The van der Waals surface area contributed by atoms with Crippen LogP contribution in [0.15, 0.2) is 12.1 Å². The summed E-state index contributed by atoms with van der Waals surface area (Å²) in [5.41, 5.74) is 2.74. The van der Waals surface area contributed by atoms with Crippen molar-refractivity contribution in [2.45, 2.75) is 123 Å². The zero-order valence-corrected chi connectivity index (χ0v) is 19.7. The molecule has 0 aliphatic carbocycles. The number of carboxylic acid groups (broad SMARTS) is 1. The highest BCUT2D eigenvalue weighted by atomic mass is 16.4. The standard InChI is InChI=1S/C26H44O3/c1-7-8-9-10-11-12-13-14-15-20(18-24(27)28)21-16-22(19(2)3)25(29)23(17-21)26(4,5)6/h16-17,19-20,29H,7-15,18H2,1-6H3,(H,27,28). The predicted octanol–water partition coefficient (Wildman–Crippen LogP) is 7.90. The maximum atomic E-state index is 11.5. The topological polar surface area (TPSA) is 57.5 Å². The van der Waals surface area contributed by atoms with Gasteiger partial charge >= 0.3 is 5.97 Å². The van der Waals surface area contributed by atoms with Gasteiger partial charge in [0.15, 0.2) is 0 Å². The normalized spacial score (nSPS) is 13.1. The fraction of sp³-hybridized carbons (Fsp3) is 0.731. The van der Waals surface area contributed by atoms with Crippen LogP contribution in [-0.2, 0) is 10.2 Å². The Kier molecular flexibility index (Phi) is 10.8. The highest BCUT2D eigenvalue weighted by molar-refractivity contribution is 5.68. The Balaban J connectivity index is 2.91. The van der Waals surface area contributed by atoms with E-state index in [4.69, 9.17) is 0 Å². The van der Waals surface area contributed by atoms with Gasteiger partial charge in [-0.15, -0.1) is 0 Å². The Bertz CT molecular complexity index is 626. The summed E-state index contributed by atoms with van der Waals surface area (Å²) < 4.78 is 0. The fourth-order valence-electron chi connectivity index (χ4n) is 4.05. The summed E-state index contributed by atoms with van der Waals surface area (Å²) in [5.74, 6) is -0.167. The van der Waals surface area contributed by atoms with Crippen LogP contribution < -0.4 is 0 Å². The van der Waals surface area contributed by atoms with E-state index in [0.29, 0.717) is 5.75 Å². The highest BCUT2D eigenvalue weighted by Crippen LogP contribution is 2.40. The number of unbranched alkanes of at least 4 members (excludes halogenated alkanes) is 7. The molecule has 3 nitrogen and oxygen atoms in total. The summed E-state index contributed by atoms with van der Waals surface area (Å²) in [5, 5.41) is 20.3. The van der Waals surface area contributed by atoms with Crippen LogP contribution >= 0.6 is 0 Å². The molecule has 1 aromatic rings. The van der Waals surface area contributed by atoms with Crippen LogP contribution in [0.25, 0.3) is 0 Å². The third-order valence-electron chi connectivity index (χ3n) is 5.89. The third-order valence-corrected chi connectivity index (χ3v) is 5.89. The van der Waals surface area contributed by atoms with Gasteiger partial charge in [-0.25, -0.2) is 0 Å². The van der Waals surface area contributed by atoms with Gasteiger partial charge in [-0.2, -0.15) is 0 Å². The van der Waals surface area contributed by atoms with Crippen LogP contribution in [0.3, 0.4) is 0 Å². The summed E-state index contributed by atoms with van der Waals surface area (Å²) in [6.45, 7) is 12.7. The van der Waals surface area contributed by atoms with Gasteiger partial charge in [0.2, 0.25) is 0 Å². The molecular formula is C26H44O3. The Morgan fingerprint density at radius 3 is 2.00 bits per heavy atom. The first-order chi connectivity index (χ1) is 13.6. The molecule has 0 heterocycles. The minimum atomic E-state index is -0.744. The maximum absolute atomic E-state index is 11.5. The number of aromatic hydroxyl groups is 1. The molecule has 0 aliphatic heterocycles. The van der Waals surface area contributed by atoms with Crippen molar-refractivity contribution in [1.29, 1.82) is 0 Å². The molecule has 0 amide bonds. The summed E-state index contributed by atoms with van der Waals surface area (Å²) in [7, 11) is 0. The number of hydrogen-bond donors (Lipinski definition) is 2.